The van der Waals surface area contributed by atoms with E-state index >= 15 is 0 Å². The molecule has 0 fully saturated rings. The summed E-state index contributed by atoms with van der Waals surface area (Å²) in [5.74, 6) is -0.804. The van der Waals surface area contributed by atoms with Crippen LogP contribution in [0.25, 0.3) is 0 Å². The van der Waals surface area contributed by atoms with Crippen LogP contribution in [0.15, 0.2) is 11.6 Å². The van der Waals surface area contributed by atoms with E-state index in [4.69, 9.17) is 5.11 Å². The van der Waals surface area contributed by atoms with E-state index in [0.717, 1.165) is 12.8 Å². The minimum atomic E-state index is -0.804. The second-order valence-electron chi connectivity index (χ2n) is 2.69. The molecule has 0 aliphatic heterocycles. The van der Waals surface area contributed by atoms with Gasteiger partial charge in [0.05, 0.1) is 0 Å². The summed E-state index contributed by atoms with van der Waals surface area (Å²) in [6.07, 6.45) is 6.15. The van der Waals surface area contributed by atoms with Gasteiger partial charge in [-0.3, -0.25) is 0 Å². The summed E-state index contributed by atoms with van der Waals surface area (Å²) in [7, 11) is 0. The van der Waals surface area contributed by atoms with Crippen molar-refractivity contribution in [2.24, 2.45) is 0 Å². The average Bonchev–Trinajstić information content (AvgIpc) is 1.97. The predicted octanol–water partition coefficient (Wildman–Crippen LogP) is 1.77. The number of rotatable bonds is 5. The van der Waals surface area contributed by atoms with E-state index in [9.17, 15) is 4.79 Å². The molecule has 0 aromatic carbocycles. The normalized spacial score (nSPS) is 10.7. The Hall–Kier alpha value is -0.830. The third-order valence-corrected chi connectivity index (χ3v) is 1.60. The molecule has 0 aliphatic carbocycles. The van der Waals surface area contributed by atoms with Crippen LogP contribution in [0.3, 0.4) is 0 Å². The topological polar surface area (TPSA) is 68.8 Å². The van der Waals surface area contributed by atoms with Crippen LogP contribution < -0.4 is 0 Å². The Morgan fingerprint density at radius 1 is 1.42 bits per heavy atom. The van der Waals surface area contributed by atoms with E-state index in [0.29, 0.717) is 5.57 Å². The van der Waals surface area contributed by atoms with Gasteiger partial charge in [0.2, 0.25) is 0 Å². The molecule has 0 aliphatic rings. The lowest BCUT2D eigenvalue weighted by atomic mass is 10.1. The minimum Gasteiger partial charge on any atom is -0.478 e. The number of unbranched alkanes of at least 4 members (excludes halogenated alkanes) is 3. The molecule has 0 rings (SSSR count). The summed E-state index contributed by atoms with van der Waals surface area (Å²) < 4.78 is 0. The molecule has 0 unspecified atom stereocenters. The fourth-order valence-corrected chi connectivity index (χ4v) is 0.800. The Kier molecular flexibility index (Phi) is 9.47. The molecule has 0 aromatic heterocycles. The van der Waals surface area contributed by atoms with E-state index in [1.54, 1.807) is 13.0 Å². The Labute approximate surface area is 73.4 Å². The first-order chi connectivity index (χ1) is 5.18. The van der Waals surface area contributed by atoms with Gasteiger partial charge in [0.25, 0.3) is 0 Å². The van der Waals surface area contributed by atoms with Crippen LogP contribution in [-0.2, 0) is 4.79 Å². The highest BCUT2D eigenvalue weighted by Gasteiger charge is 1.96. The molecule has 0 bridgehead atoms. The summed E-state index contributed by atoms with van der Waals surface area (Å²) in [4.78, 5) is 10.3. The van der Waals surface area contributed by atoms with Gasteiger partial charge >= 0.3 is 5.97 Å². The largest absolute Gasteiger partial charge is 0.478 e. The van der Waals surface area contributed by atoms with Gasteiger partial charge in [-0.25, -0.2) is 4.79 Å². The van der Waals surface area contributed by atoms with Gasteiger partial charge in [-0.15, -0.1) is 0 Å². The van der Waals surface area contributed by atoms with E-state index in [1.165, 1.54) is 12.8 Å². The SMILES string of the molecule is CCCCCC=C(C)C(=O)O.O. The molecule has 0 heterocycles. The van der Waals surface area contributed by atoms with E-state index in [-0.39, 0.29) is 5.48 Å². The van der Waals surface area contributed by atoms with Crippen LogP contribution in [0.4, 0.5) is 0 Å². The number of allylic oxidation sites excluding steroid dienone is 1. The summed E-state index contributed by atoms with van der Waals surface area (Å²) in [6, 6.07) is 0. The maximum atomic E-state index is 10.3. The van der Waals surface area contributed by atoms with Crippen molar-refractivity contribution in [1.82, 2.24) is 0 Å². The van der Waals surface area contributed by atoms with Crippen molar-refractivity contribution >= 4 is 5.97 Å². The predicted molar refractivity (Wildman–Crippen MR) is 49.1 cm³/mol. The van der Waals surface area contributed by atoms with Gasteiger partial charge in [0, 0.05) is 5.57 Å². The maximum Gasteiger partial charge on any atom is 0.330 e. The number of carbonyl (C=O) groups is 1. The van der Waals surface area contributed by atoms with Crippen molar-refractivity contribution in [3.05, 3.63) is 11.6 Å². The van der Waals surface area contributed by atoms with Crippen LogP contribution in [0.1, 0.15) is 39.5 Å². The molecule has 12 heavy (non-hydrogen) atoms. The first kappa shape index (κ1) is 13.7. The lowest BCUT2D eigenvalue weighted by Crippen LogP contribution is -1.95. The molecule has 3 N–H and O–H groups in total. The summed E-state index contributed by atoms with van der Waals surface area (Å²) >= 11 is 0. The van der Waals surface area contributed by atoms with Crippen LogP contribution >= 0.6 is 0 Å². The highest BCUT2D eigenvalue weighted by molar-refractivity contribution is 5.85. The maximum absolute atomic E-state index is 10.3. The highest BCUT2D eigenvalue weighted by Crippen LogP contribution is 2.02. The van der Waals surface area contributed by atoms with Gasteiger partial charge < -0.3 is 10.6 Å². The Balaban J connectivity index is 0. The van der Waals surface area contributed by atoms with Crippen LogP contribution in [0.5, 0.6) is 0 Å². The number of aliphatic carboxylic acids is 1. The molecule has 0 aromatic rings. The van der Waals surface area contributed by atoms with Gasteiger partial charge in [0.1, 0.15) is 0 Å². The third kappa shape index (κ3) is 7.28. The number of hydrogen-bond donors (Lipinski definition) is 1. The third-order valence-electron chi connectivity index (χ3n) is 1.60. The van der Waals surface area contributed by atoms with Crippen molar-refractivity contribution in [2.75, 3.05) is 0 Å². The zero-order valence-electron chi connectivity index (χ0n) is 7.76. The molecule has 0 spiro atoms. The van der Waals surface area contributed by atoms with Crippen LogP contribution in [0, 0.1) is 0 Å². The fraction of sp³-hybridized carbons (Fsp3) is 0.667. The zero-order chi connectivity index (χ0) is 8.69. The first-order valence-electron chi connectivity index (χ1n) is 4.08. The van der Waals surface area contributed by atoms with E-state index < -0.39 is 5.97 Å². The van der Waals surface area contributed by atoms with Crippen molar-refractivity contribution in [1.29, 1.82) is 0 Å². The number of hydrogen-bond acceptors (Lipinski definition) is 1. The molecular weight excluding hydrogens is 156 g/mol. The molecule has 3 nitrogen and oxygen atoms in total. The first-order valence-corrected chi connectivity index (χ1v) is 4.08. The molecule has 0 amide bonds. The lowest BCUT2D eigenvalue weighted by molar-refractivity contribution is -0.132. The van der Waals surface area contributed by atoms with Crippen molar-refractivity contribution in [2.45, 2.75) is 39.5 Å². The smallest absolute Gasteiger partial charge is 0.330 e. The van der Waals surface area contributed by atoms with Crippen molar-refractivity contribution in [3.8, 4) is 0 Å². The summed E-state index contributed by atoms with van der Waals surface area (Å²) in [6.45, 7) is 3.77. The molecule has 72 valence electrons. The summed E-state index contributed by atoms with van der Waals surface area (Å²) in [5, 5.41) is 8.47. The van der Waals surface area contributed by atoms with Crippen LogP contribution in [-0.4, -0.2) is 16.6 Å². The average molecular weight is 174 g/mol. The summed E-state index contributed by atoms with van der Waals surface area (Å²) in [5.41, 5.74) is 0.459. The standard InChI is InChI=1S/C9H16O2.H2O/c1-3-4-5-6-7-8(2)9(10)11;/h7H,3-6H2,1-2H3,(H,10,11);1H2. The van der Waals surface area contributed by atoms with Crippen molar-refractivity contribution < 1.29 is 15.4 Å². The van der Waals surface area contributed by atoms with Gasteiger partial charge in [-0.05, 0) is 19.8 Å². The highest BCUT2D eigenvalue weighted by atomic mass is 16.4. The second-order valence-corrected chi connectivity index (χ2v) is 2.69. The quantitative estimate of drug-likeness (QED) is 0.509. The molecule has 0 saturated carbocycles. The van der Waals surface area contributed by atoms with Crippen molar-refractivity contribution in [3.63, 3.8) is 0 Å². The zero-order valence-corrected chi connectivity index (χ0v) is 7.76. The molecule has 0 saturated heterocycles. The van der Waals surface area contributed by atoms with Gasteiger partial charge in [0.15, 0.2) is 0 Å². The number of carboxylic acid groups (broad SMARTS) is 1. The Bertz CT molecular complexity index is 150. The fourth-order valence-electron chi connectivity index (χ4n) is 0.800. The van der Waals surface area contributed by atoms with E-state index in [2.05, 4.69) is 6.92 Å². The Morgan fingerprint density at radius 3 is 2.42 bits per heavy atom. The monoisotopic (exact) mass is 174 g/mol. The number of carboxylic acids is 1. The van der Waals surface area contributed by atoms with Gasteiger partial charge in [-0.1, -0.05) is 25.8 Å². The van der Waals surface area contributed by atoms with Crippen LogP contribution in [0.2, 0.25) is 0 Å². The molecule has 0 radical (unpaired) electrons. The molecule has 0 atom stereocenters. The van der Waals surface area contributed by atoms with Gasteiger partial charge in [-0.2, -0.15) is 0 Å². The molecular formula is C9H18O3. The Morgan fingerprint density at radius 2 is 2.00 bits per heavy atom. The lowest BCUT2D eigenvalue weighted by Gasteiger charge is -1.93. The minimum absolute atomic E-state index is 0. The second kappa shape index (κ2) is 8.27. The van der Waals surface area contributed by atoms with E-state index in [1.807, 2.05) is 0 Å². The molecule has 3 heteroatoms.